The molecule has 0 spiro atoms. The summed E-state index contributed by atoms with van der Waals surface area (Å²) in [4.78, 5) is 18.9. The molecule has 19 heavy (non-hydrogen) atoms. The molecular weight excluding hydrogens is 249 g/mol. The lowest BCUT2D eigenvalue weighted by Gasteiger charge is -2.38. The van der Waals surface area contributed by atoms with Crippen molar-refractivity contribution in [3.05, 3.63) is 24.3 Å². The van der Waals surface area contributed by atoms with Crippen molar-refractivity contribution in [1.82, 2.24) is 9.88 Å². The summed E-state index contributed by atoms with van der Waals surface area (Å²) >= 11 is 0. The Morgan fingerprint density at radius 1 is 1.42 bits per heavy atom. The van der Waals surface area contributed by atoms with Crippen molar-refractivity contribution in [1.29, 1.82) is 0 Å². The number of nitrogens with zero attached hydrogens (tertiary/aromatic N) is 3. The third-order valence-corrected chi connectivity index (χ3v) is 3.48. The minimum absolute atomic E-state index is 0.350. The first-order valence-corrected chi connectivity index (χ1v) is 6.44. The molecule has 1 aromatic heterocycles. The van der Waals surface area contributed by atoms with E-state index in [4.69, 9.17) is 5.11 Å². The molecule has 2 rings (SSSR count). The number of halogens is 1. The number of carbonyl (C=O) groups is 1. The number of rotatable bonds is 4. The molecule has 5 nitrogen and oxygen atoms in total. The van der Waals surface area contributed by atoms with Gasteiger partial charge in [0.1, 0.15) is 11.9 Å². The van der Waals surface area contributed by atoms with Crippen LogP contribution in [0, 0.1) is 5.82 Å². The number of hydrogen-bond acceptors (Lipinski definition) is 4. The highest BCUT2D eigenvalue weighted by Gasteiger charge is 2.27. The van der Waals surface area contributed by atoms with E-state index < -0.39 is 12.0 Å². The van der Waals surface area contributed by atoms with E-state index in [9.17, 15) is 9.18 Å². The summed E-state index contributed by atoms with van der Waals surface area (Å²) in [5.41, 5.74) is 0.753. The molecule has 6 heteroatoms. The van der Waals surface area contributed by atoms with Crippen LogP contribution in [0.4, 0.5) is 10.1 Å². The molecule has 1 unspecified atom stereocenters. The highest BCUT2D eigenvalue weighted by Crippen LogP contribution is 2.17. The molecule has 1 N–H and O–H groups in total. The van der Waals surface area contributed by atoms with Gasteiger partial charge in [-0.25, -0.2) is 4.39 Å². The van der Waals surface area contributed by atoms with Crippen LogP contribution >= 0.6 is 0 Å². The van der Waals surface area contributed by atoms with Gasteiger partial charge in [-0.3, -0.25) is 14.7 Å². The molecule has 1 atom stereocenters. The SMILES string of the molecule is CCC(C(=O)O)N1CCN(c2cncc(F)c2)CC1. The maximum atomic E-state index is 13.1. The largest absolute Gasteiger partial charge is 0.480 e. The maximum absolute atomic E-state index is 13.1. The predicted molar refractivity (Wildman–Crippen MR) is 69.7 cm³/mol. The first-order valence-electron chi connectivity index (χ1n) is 6.44. The first kappa shape index (κ1) is 13.7. The minimum atomic E-state index is -0.775. The van der Waals surface area contributed by atoms with Crippen molar-refractivity contribution in [3.8, 4) is 0 Å². The molecule has 0 radical (unpaired) electrons. The maximum Gasteiger partial charge on any atom is 0.320 e. The van der Waals surface area contributed by atoms with Crippen molar-refractivity contribution < 1.29 is 14.3 Å². The van der Waals surface area contributed by atoms with Gasteiger partial charge in [0.2, 0.25) is 0 Å². The van der Waals surface area contributed by atoms with Crippen LogP contribution in [0.3, 0.4) is 0 Å². The van der Waals surface area contributed by atoms with Gasteiger partial charge >= 0.3 is 5.97 Å². The quantitative estimate of drug-likeness (QED) is 0.888. The predicted octanol–water partition coefficient (Wildman–Crippen LogP) is 1.21. The molecule has 0 saturated carbocycles. The van der Waals surface area contributed by atoms with Crippen molar-refractivity contribution in [2.75, 3.05) is 31.1 Å². The number of aliphatic carboxylic acids is 1. The van der Waals surface area contributed by atoms with Crippen LogP contribution in [0.1, 0.15) is 13.3 Å². The van der Waals surface area contributed by atoms with Crippen LogP contribution in [0.25, 0.3) is 0 Å². The molecule has 1 saturated heterocycles. The van der Waals surface area contributed by atoms with E-state index in [1.54, 1.807) is 6.20 Å². The number of carboxylic acids is 1. The van der Waals surface area contributed by atoms with Gasteiger partial charge in [-0.05, 0) is 6.42 Å². The van der Waals surface area contributed by atoms with Crippen LogP contribution in [0.5, 0.6) is 0 Å². The van der Waals surface area contributed by atoms with Gasteiger partial charge in [-0.2, -0.15) is 0 Å². The number of aromatic nitrogens is 1. The topological polar surface area (TPSA) is 56.7 Å². The monoisotopic (exact) mass is 267 g/mol. The number of piperazine rings is 1. The zero-order chi connectivity index (χ0) is 13.8. The minimum Gasteiger partial charge on any atom is -0.480 e. The summed E-state index contributed by atoms with van der Waals surface area (Å²) in [5.74, 6) is -1.12. The van der Waals surface area contributed by atoms with E-state index in [-0.39, 0.29) is 5.82 Å². The Hall–Kier alpha value is -1.69. The molecule has 2 heterocycles. The number of anilines is 1. The summed E-state index contributed by atoms with van der Waals surface area (Å²) in [7, 11) is 0. The molecule has 1 aliphatic rings. The van der Waals surface area contributed by atoms with Gasteiger partial charge in [-0.1, -0.05) is 6.92 Å². The molecule has 0 aliphatic carbocycles. The third-order valence-electron chi connectivity index (χ3n) is 3.48. The smallest absolute Gasteiger partial charge is 0.320 e. The standard InChI is InChI=1S/C13H18FN3O2/c1-2-12(13(18)19)17-5-3-16(4-6-17)11-7-10(14)8-15-9-11/h7-9,12H,2-6H2,1H3,(H,18,19). The Morgan fingerprint density at radius 2 is 2.11 bits per heavy atom. The molecule has 0 aromatic carbocycles. The second-order valence-corrected chi connectivity index (χ2v) is 4.65. The Labute approximate surface area is 111 Å². The lowest BCUT2D eigenvalue weighted by Crippen LogP contribution is -2.52. The highest BCUT2D eigenvalue weighted by molar-refractivity contribution is 5.73. The summed E-state index contributed by atoms with van der Waals surface area (Å²) in [6, 6.07) is 1.03. The molecule has 0 amide bonds. The lowest BCUT2D eigenvalue weighted by atomic mass is 10.1. The zero-order valence-electron chi connectivity index (χ0n) is 10.9. The second kappa shape index (κ2) is 5.97. The van der Waals surface area contributed by atoms with Gasteiger partial charge in [0.05, 0.1) is 18.1 Å². The van der Waals surface area contributed by atoms with Gasteiger partial charge in [-0.15, -0.1) is 0 Å². The third kappa shape index (κ3) is 3.20. The molecular formula is C13H18FN3O2. The zero-order valence-corrected chi connectivity index (χ0v) is 10.9. The van der Waals surface area contributed by atoms with Crippen LogP contribution in [-0.4, -0.2) is 53.2 Å². The fraction of sp³-hybridized carbons (Fsp3) is 0.538. The Kier molecular flexibility index (Phi) is 4.31. The fourth-order valence-electron chi connectivity index (χ4n) is 2.45. The van der Waals surface area contributed by atoms with E-state index in [0.717, 1.165) is 5.69 Å². The highest BCUT2D eigenvalue weighted by atomic mass is 19.1. The number of hydrogen-bond donors (Lipinski definition) is 1. The van der Waals surface area contributed by atoms with Crippen LogP contribution in [-0.2, 0) is 4.79 Å². The Balaban J connectivity index is 1.97. The first-order chi connectivity index (χ1) is 9.11. The Morgan fingerprint density at radius 3 is 2.63 bits per heavy atom. The van der Waals surface area contributed by atoms with Gasteiger partial charge < -0.3 is 10.0 Å². The number of pyridine rings is 1. The average Bonchev–Trinajstić information content (AvgIpc) is 2.40. The molecule has 1 fully saturated rings. The summed E-state index contributed by atoms with van der Waals surface area (Å²) < 4.78 is 13.1. The van der Waals surface area contributed by atoms with E-state index in [2.05, 4.69) is 4.98 Å². The summed E-state index contributed by atoms with van der Waals surface area (Å²) in [6.45, 7) is 4.59. The van der Waals surface area contributed by atoms with Gasteiger partial charge in [0.25, 0.3) is 0 Å². The normalized spacial score (nSPS) is 18.3. The van der Waals surface area contributed by atoms with Gasteiger partial charge in [0, 0.05) is 32.2 Å². The molecule has 1 aliphatic heterocycles. The van der Waals surface area contributed by atoms with Crippen molar-refractivity contribution in [2.24, 2.45) is 0 Å². The summed E-state index contributed by atoms with van der Waals surface area (Å²) in [5, 5.41) is 9.13. The van der Waals surface area contributed by atoms with Gasteiger partial charge in [0.15, 0.2) is 0 Å². The summed E-state index contributed by atoms with van der Waals surface area (Å²) in [6.07, 6.45) is 3.40. The molecule has 104 valence electrons. The van der Waals surface area contributed by atoms with E-state index in [1.807, 2.05) is 16.7 Å². The van der Waals surface area contributed by atoms with Crippen LogP contribution < -0.4 is 4.90 Å². The van der Waals surface area contributed by atoms with Crippen molar-refractivity contribution in [2.45, 2.75) is 19.4 Å². The lowest BCUT2D eigenvalue weighted by molar-refractivity contribution is -0.143. The average molecular weight is 267 g/mol. The van der Waals surface area contributed by atoms with E-state index >= 15 is 0 Å². The van der Waals surface area contributed by atoms with Crippen molar-refractivity contribution in [3.63, 3.8) is 0 Å². The second-order valence-electron chi connectivity index (χ2n) is 4.65. The molecule has 1 aromatic rings. The fourth-order valence-corrected chi connectivity index (χ4v) is 2.45. The number of carboxylic acid groups (broad SMARTS) is 1. The van der Waals surface area contributed by atoms with Crippen molar-refractivity contribution >= 4 is 11.7 Å². The van der Waals surface area contributed by atoms with Crippen LogP contribution in [0.15, 0.2) is 18.5 Å². The Bertz CT molecular complexity index is 447. The van der Waals surface area contributed by atoms with Crippen LogP contribution in [0.2, 0.25) is 0 Å². The van der Waals surface area contributed by atoms with E-state index in [1.165, 1.54) is 12.3 Å². The molecule has 0 bridgehead atoms. The van der Waals surface area contributed by atoms with E-state index in [0.29, 0.717) is 32.6 Å².